The maximum absolute atomic E-state index is 5.97. The Morgan fingerprint density at radius 1 is 1.30 bits per heavy atom. The summed E-state index contributed by atoms with van der Waals surface area (Å²) in [6.45, 7) is 9.53. The number of benzene rings is 1. The summed E-state index contributed by atoms with van der Waals surface area (Å²) in [7, 11) is 0. The molecule has 1 aliphatic rings. The van der Waals surface area contributed by atoms with Crippen molar-refractivity contribution < 1.29 is 0 Å². The molecule has 0 heterocycles. The lowest BCUT2D eigenvalue weighted by molar-refractivity contribution is 0.286. The Bertz CT molecular complexity index is 482. The average molecular weight is 430 g/mol. The van der Waals surface area contributed by atoms with Gasteiger partial charge in [0.15, 0.2) is 5.96 Å². The van der Waals surface area contributed by atoms with Gasteiger partial charge >= 0.3 is 0 Å². The molecular formula is C18H31IN4. The van der Waals surface area contributed by atoms with Crippen LogP contribution in [0.1, 0.15) is 51.5 Å². The summed E-state index contributed by atoms with van der Waals surface area (Å²) < 4.78 is 0. The lowest BCUT2D eigenvalue weighted by Crippen LogP contribution is -2.30. The largest absolute Gasteiger partial charge is 0.370 e. The van der Waals surface area contributed by atoms with Gasteiger partial charge in [0.1, 0.15) is 0 Å². The van der Waals surface area contributed by atoms with Crippen molar-refractivity contribution in [1.29, 1.82) is 0 Å². The van der Waals surface area contributed by atoms with Crippen LogP contribution in [-0.4, -0.2) is 36.5 Å². The van der Waals surface area contributed by atoms with E-state index in [0.29, 0.717) is 11.9 Å². The first kappa shape index (κ1) is 20.2. The molecule has 130 valence electrons. The van der Waals surface area contributed by atoms with Crippen LogP contribution in [0.3, 0.4) is 0 Å². The highest BCUT2D eigenvalue weighted by atomic mass is 127. The van der Waals surface area contributed by atoms with E-state index in [1.807, 2.05) is 0 Å². The smallest absolute Gasteiger partial charge is 0.193 e. The number of nitrogens with two attached hydrogens (primary N) is 1. The van der Waals surface area contributed by atoms with Crippen molar-refractivity contribution in [1.82, 2.24) is 4.90 Å². The molecule has 3 N–H and O–H groups in total. The fourth-order valence-electron chi connectivity index (χ4n) is 2.66. The van der Waals surface area contributed by atoms with E-state index in [-0.39, 0.29) is 24.0 Å². The predicted molar refractivity (Wildman–Crippen MR) is 111 cm³/mol. The second-order valence-electron chi connectivity index (χ2n) is 6.18. The Hall–Kier alpha value is -0.820. The monoisotopic (exact) mass is 430 g/mol. The number of hydrogen-bond donors (Lipinski definition) is 2. The SMILES string of the molecule is CCC(C)c1ccc(NC(N)=NCCN(CC)C2CC2)cc1.I. The molecule has 0 aromatic heterocycles. The molecule has 5 heteroatoms. The van der Waals surface area contributed by atoms with Crippen molar-refractivity contribution in [3.8, 4) is 0 Å². The van der Waals surface area contributed by atoms with Gasteiger partial charge in [-0.3, -0.25) is 9.89 Å². The molecule has 0 aliphatic heterocycles. The van der Waals surface area contributed by atoms with Crippen LogP contribution in [0.5, 0.6) is 0 Å². The third kappa shape index (κ3) is 6.67. The number of nitrogens with zero attached hydrogens (tertiary/aromatic N) is 2. The Labute approximate surface area is 157 Å². The van der Waals surface area contributed by atoms with Crippen LogP contribution in [0.2, 0.25) is 0 Å². The second kappa shape index (κ2) is 10.1. The van der Waals surface area contributed by atoms with Gasteiger partial charge in [-0.2, -0.15) is 0 Å². The lowest BCUT2D eigenvalue weighted by Gasteiger charge is -2.18. The summed E-state index contributed by atoms with van der Waals surface area (Å²) >= 11 is 0. The molecule has 1 aromatic carbocycles. The highest BCUT2D eigenvalue weighted by molar-refractivity contribution is 14.0. The van der Waals surface area contributed by atoms with E-state index in [1.165, 1.54) is 18.4 Å². The van der Waals surface area contributed by atoms with Crippen molar-refractivity contribution in [3.63, 3.8) is 0 Å². The van der Waals surface area contributed by atoms with E-state index in [4.69, 9.17) is 5.73 Å². The molecule has 0 spiro atoms. The number of aliphatic imine (C=N–C) groups is 1. The molecule has 0 radical (unpaired) electrons. The van der Waals surface area contributed by atoms with Crippen LogP contribution < -0.4 is 11.1 Å². The Balaban J connectivity index is 0.00000264. The number of guanidine groups is 1. The van der Waals surface area contributed by atoms with E-state index in [9.17, 15) is 0 Å². The van der Waals surface area contributed by atoms with E-state index < -0.39 is 0 Å². The summed E-state index contributed by atoms with van der Waals surface area (Å²) in [5.41, 5.74) is 8.34. The molecular weight excluding hydrogens is 399 g/mol. The molecule has 2 rings (SSSR count). The standard InChI is InChI=1S/C18H30N4.HI/c1-4-14(3)15-6-8-16(9-7-15)21-18(19)20-12-13-22(5-2)17-10-11-17;/h6-9,14,17H,4-5,10-13H2,1-3H3,(H3,19,20,21);1H. The van der Waals surface area contributed by atoms with Crippen molar-refractivity contribution in [2.45, 2.75) is 52.0 Å². The van der Waals surface area contributed by atoms with Crippen LogP contribution in [0, 0.1) is 0 Å². The Kier molecular flexibility index (Phi) is 8.91. The molecule has 1 atom stereocenters. The minimum absolute atomic E-state index is 0. The first-order chi connectivity index (χ1) is 10.6. The van der Waals surface area contributed by atoms with Crippen LogP contribution in [-0.2, 0) is 0 Å². The number of nitrogens with one attached hydrogen (secondary N) is 1. The quantitative estimate of drug-likeness (QED) is 0.372. The van der Waals surface area contributed by atoms with E-state index in [2.05, 4.69) is 60.2 Å². The minimum Gasteiger partial charge on any atom is -0.370 e. The van der Waals surface area contributed by atoms with Gasteiger partial charge in [0.2, 0.25) is 0 Å². The molecule has 23 heavy (non-hydrogen) atoms. The molecule has 1 aliphatic carbocycles. The summed E-state index contributed by atoms with van der Waals surface area (Å²) in [5.74, 6) is 1.10. The molecule has 0 amide bonds. The topological polar surface area (TPSA) is 53.6 Å². The summed E-state index contributed by atoms with van der Waals surface area (Å²) in [6, 6.07) is 9.27. The summed E-state index contributed by atoms with van der Waals surface area (Å²) in [5, 5.41) is 3.17. The Morgan fingerprint density at radius 2 is 1.96 bits per heavy atom. The van der Waals surface area contributed by atoms with Gasteiger partial charge < -0.3 is 11.1 Å². The van der Waals surface area contributed by atoms with Gasteiger partial charge in [-0.25, -0.2) is 0 Å². The minimum atomic E-state index is 0. The molecule has 0 saturated heterocycles. The summed E-state index contributed by atoms with van der Waals surface area (Å²) in [6.07, 6.45) is 3.84. The lowest BCUT2D eigenvalue weighted by atomic mass is 9.99. The van der Waals surface area contributed by atoms with E-state index in [0.717, 1.165) is 37.8 Å². The van der Waals surface area contributed by atoms with Crippen molar-refractivity contribution in [2.24, 2.45) is 10.7 Å². The predicted octanol–water partition coefficient (Wildman–Crippen LogP) is 4.03. The number of hydrogen-bond acceptors (Lipinski definition) is 2. The zero-order chi connectivity index (χ0) is 15.9. The van der Waals surface area contributed by atoms with Gasteiger partial charge in [0.25, 0.3) is 0 Å². The van der Waals surface area contributed by atoms with Gasteiger partial charge in [0, 0.05) is 18.3 Å². The van der Waals surface area contributed by atoms with E-state index >= 15 is 0 Å². The first-order valence-electron chi connectivity index (χ1n) is 8.55. The van der Waals surface area contributed by atoms with Crippen LogP contribution in [0.4, 0.5) is 5.69 Å². The van der Waals surface area contributed by atoms with Crippen molar-refractivity contribution in [2.75, 3.05) is 25.0 Å². The number of anilines is 1. The number of likely N-dealkylation sites (N-methyl/N-ethyl adjacent to an activating group) is 1. The zero-order valence-corrected chi connectivity index (χ0v) is 16.9. The molecule has 1 fully saturated rings. The fraction of sp³-hybridized carbons (Fsp3) is 0.611. The van der Waals surface area contributed by atoms with Gasteiger partial charge in [0.05, 0.1) is 6.54 Å². The first-order valence-corrected chi connectivity index (χ1v) is 8.55. The molecule has 0 bridgehead atoms. The third-order valence-corrected chi connectivity index (χ3v) is 4.50. The van der Waals surface area contributed by atoms with Crippen LogP contribution in [0.15, 0.2) is 29.3 Å². The normalized spacial score (nSPS) is 16.1. The molecule has 1 saturated carbocycles. The van der Waals surface area contributed by atoms with E-state index in [1.54, 1.807) is 0 Å². The number of rotatable bonds is 8. The van der Waals surface area contributed by atoms with Gasteiger partial charge in [-0.1, -0.05) is 32.9 Å². The molecule has 4 nitrogen and oxygen atoms in total. The van der Waals surface area contributed by atoms with Gasteiger partial charge in [-0.15, -0.1) is 24.0 Å². The highest BCUT2D eigenvalue weighted by Crippen LogP contribution is 2.26. The number of halogens is 1. The fourth-order valence-corrected chi connectivity index (χ4v) is 2.66. The van der Waals surface area contributed by atoms with Crippen LogP contribution in [0.25, 0.3) is 0 Å². The van der Waals surface area contributed by atoms with Crippen molar-refractivity contribution >= 4 is 35.6 Å². The highest BCUT2D eigenvalue weighted by Gasteiger charge is 2.26. The Morgan fingerprint density at radius 3 is 2.48 bits per heavy atom. The zero-order valence-electron chi connectivity index (χ0n) is 14.6. The van der Waals surface area contributed by atoms with Crippen molar-refractivity contribution in [3.05, 3.63) is 29.8 Å². The molecule has 1 unspecified atom stereocenters. The third-order valence-electron chi connectivity index (χ3n) is 4.50. The summed E-state index contributed by atoms with van der Waals surface area (Å²) in [4.78, 5) is 6.92. The second-order valence-corrected chi connectivity index (χ2v) is 6.18. The average Bonchev–Trinajstić information content (AvgIpc) is 3.36. The maximum Gasteiger partial charge on any atom is 0.193 e. The van der Waals surface area contributed by atoms with Crippen LogP contribution >= 0.6 is 24.0 Å². The molecule has 1 aromatic rings. The van der Waals surface area contributed by atoms with Gasteiger partial charge in [-0.05, 0) is 49.4 Å². The maximum atomic E-state index is 5.97.